The fourth-order valence-corrected chi connectivity index (χ4v) is 4.78. The lowest BCUT2D eigenvalue weighted by Crippen LogP contribution is -2.47. The standard InChI is InChI=1S/C26H34F3N3O4S/c1-5-14-30-25(34)20(3)31(18-21-10-6-9-19(2)16-21)24(33)13-8-15-32(37(4,35)36)23-12-7-11-22(17-23)26(27,28)29/h6-7,9-12,16-17,20H,5,8,13-15,18H2,1-4H3,(H,30,34)/t20-/m0/s1. The number of nitrogens with zero attached hydrogens (tertiary/aromatic N) is 2. The van der Waals surface area contributed by atoms with Gasteiger partial charge >= 0.3 is 6.18 Å². The highest BCUT2D eigenvalue weighted by Crippen LogP contribution is 2.32. The summed E-state index contributed by atoms with van der Waals surface area (Å²) in [5.74, 6) is -0.664. The van der Waals surface area contributed by atoms with Crippen molar-refractivity contribution in [3.63, 3.8) is 0 Å². The van der Waals surface area contributed by atoms with Crippen LogP contribution in [0.15, 0.2) is 48.5 Å². The maximum atomic E-state index is 13.2. The number of rotatable bonds is 12. The molecule has 0 saturated carbocycles. The number of amides is 2. The zero-order valence-corrected chi connectivity index (χ0v) is 22.3. The molecule has 7 nitrogen and oxygen atoms in total. The van der Waals surface area contributed by atoms with Crippen LogP contribution in [0.2, 0.25) is 0 Å². The molecule has 2 rings (SSSR count). The number of alkyl halides is 3. The molecule has 0 heterocycles. The van der Waals surface area contributed by atoms with Gasteiger partial charge in [0.25, 0.3) is 0 Å². The molecule has 2 amide bonds. The number of benzene rings is 2. The highest BCUT2D eigenvalue weighted by Gasteiger charge is 2.32. The van der Waals surface area contributed by atoms with E-state index in [1.54, 1.807) is 6.92 Å². The minimum absolute atomic E-state index is 0.0514. The van der Waals surface area contributed by atoms with Gasteiger partial charge in [0.05, 0.1) is 17.5 Å². The van der Waals surface area contributed by atoms with Crippen molar-refractivity contribution >= 4 is 27.5 Å². The number of aryl methyl sites for hydroxylation is 1. The van der Waals surface area contributed by atoms with Crippen molar-refractivity contribution in [2.45, 2.75) is 58.8 Å². The van der Waals surface area contributed by atoms with E-state index < -0.39 is 27.8 Å². The van der Waals surface area contributed by atoms with Crippen LogP contribution in [0.3, 0.4) is 0 Å². The fraction of sp³-hybridized carbons (Fsp3) is 0.462. The van der Waals surface area contributed by atoms with Crippen LogP contribution >= 0.6 is 0 Å². The third kappa shape index (κ3) is 9.07. The van der Waals surface area contributed by atoms with Crippen LogP contribution in [-0.2, 0) is 32.3 Å². The van der Waals surface area contributed by atoms with E-state index in [1.807, 2.05) is 38.1 Å². The smallest absolute Gasteiger partial charge is 0.354 e. The maximum absolute atomic E-state index is 13.2. The molecule has 11 heteroatoms. The Morgan fingerprint density at radius 2 is 1.76 bits per heavy atom. The summed E-state index contributed by atoms with van der Waals surface area (Å²) in [6, 6.07) is 10.8. The summed E-state index contributed by atoms with van der Waals surface area (Å²) in [7, 11) is -3.91. The predicted molar refractivity (Wildman–Crippen MR) is 137 cm³/mol. The molecule has 1 atom stereocenters. The molecule has 0 fully saturated rings. The van der Waals surface area contributed by atoms with Crippen molar-refractivity contribution in [3.8, 4) is 0 Å². The van der Waals surface area contributed by atoms with Crippen molar-refractivity contribution in [1.29, 1.82) is 0 Å². The molecule has 0 unspecified atom stereocenters. The second kappa shape index (κ2) is 12.9. The van der Waals surface area contributed by atoms with Crippen molar-refractivity contribution in [2.75, 3.05) is 23.7 Å². The molecule has 0 aliphatic heterocycles. The van der Waals surface area contributed by atoms with Gasteiger partial charge in [0.1, 0.15) is 6.04 Å². The SMILES string of the molecule is CCCNC(=O)[C@H](C)N(Cc1cccc(C)c1)C(=O)CCCN(c1cccc(C(F)(F)F)c1)S(C)(=O)=O. The van der Waals surface area contributed by atoms with Gasteiger partial charge in [-0.1, -0.05) is 42.8 Å². The molecule has 2 aromatic carbocycles. The highest BCUT2D eigenvalue weighted by molar-refractivity contribution is 7.92. The predicted octanol–water partition coefficient (Wildman–Crippen LogP) is 4.50. The first-order valence-electron chi connectivity index (χ1n) is 12.0. The second-order valence-electron chi connectivity index (χ2n) is 8.96. The van der Waals surface area contributed by atoms with E-state index in [0.717, 1.165) is 46.3 Å². The normalized spacial score (nSPS) is 12.6. The van der Waals surface area contributed by atoms with Crippen LogP contribution in [0.4, 0.5) is 18.9 Å². The third-order valence-corrected chi connectivity index (χ3v) is 6.96. The van der Waals surface area contributed by atoms with Gasteiger partial charge in [0.15, 0.2) is 0 Å². The molecule has 0 aromatic heterocycles. The minimum Gasteiger partial charge on any atom is -0.354 e. The Labute approximate surface area is 216 Å². The van der Waals surface area contributed by atoms with E-state index in [2.05, 4.69) is 5.32 Å². The number of carbonyl (C=O) groups is 2. The first-order chi connectivity index (χ1) is 17.2. The summed E-state index contributed by atoms with van der Waals surface area (Å²) >= 11 is 0. The lowest BCUT2D eigenvalue weighted by atomic mass is 10.1. The Balaban J connectivity index is 2.20. The van der Waals surface area contributed by atoms with Gasteiger partial charge in [-0.25, -0.2) is 8.42 Å². The minimum atomic E-state index is -4.63. The summed E-state index contributed by atoms with van der Waals surface area (Å²) in [6.07, 6.45) is -3.03. The number of carbonyl (C=O) groups excluding carboxylic acids is 2. The zero-order chi connectivity index (χ0) is 27.8. The zero-order valence-electron chi connectivity index (χ0n) is 21.5. The lowest BCUT2D eigenvalue weighted by Gasteiger charge is -2.29. The van der Waals surface area contributed by atoms with E-state index in [-0.39, 0.29) is 43.4 Å². The van der Waals surface area contributed by atoms with Crippen LogP contribution < -0.4 is 9.62 Å². The topological polar surface area (TPSA) is 86.8 Å². The Morgan fingerprint density at radius 1 is 1.08 bits per heavy atom. The second-order valence-corrected chi connectivity index (χ2v) is 10.9. The number of halogens is 3. The molecule has 0 aliphatic rings. The van der Waals surface area contributed by atoms with Gasteiger partial charge < -0.3 is 10.2 Å². The van der Waals surface area contributed by atoms with Gasteiger partial charge in [-0.15, -0.1) is 0 Å². The van der Waals surface area contributed by atoms with Gasteiger partial charge in [0.2, 0.25) is 21.8 Å². The third-order valence-electron chi connectivity index (χ3n) is 5.77. The van der Waals surface area contributed by atoms with Crippen molar-refractivity contribution in [1.82, 2.24) is 10.2 Å². The van der Waals surface area contributed by atoms with Crippen LogP contribution in [0, 0.1) is 6.92 Å². The van der Waals surface area contributed by atoms with Crippen LogP contribution in [0.5, 0.6) is 0 Å². The van der Waals surface area contributed by atoms with Crippen molar-refractivity contribution in [2.24, 2.45) is 0 Å². The summed E-state index contributed by atoms with van der Waals surface area (Å²) in [5, 5.41) is 2.79. The highest BCUT2D eigenvalue weighted by atomic mass is 32.2. The average Bonchev–Trinajstić information content (AvgIpc) is 2.82. The lowest BCUT2D eigenvalue weighted by molar-refractivity contribution is -0.140. The Morgan fingerprint density at radius 3 is 2.35 bits per heavy atom. The van der Waals surface area contributed by atoms with E-state index in [9.17, 15) is 31.2 Å². The molecule has 0 bridgehead atoms. The molecule has 0 saturated heterocycles. The molecule has 204 valence electrons. The molecular formula is C26H34F3N3O4S. The Bertz CT molecular complexity index is 1190. The maximum Gasteiger partial charge on any atom is 0.416 e. The number of hydrogen-bond donors (Lipinski definition) is 1. The van der Waals surface area contributed by atoms with E-state index >= 15 is 0 Å². The average molecular weight is 542 g/mol. The molecule has 0 radical (unpaired) electrons. The summed E-state index contributed by atoms with van der Waals surface area (Å²) in [6.45, 7) is 5.92. The quantitative estimate of drug-likeness (QED) is 0.429. The van der Waals surface area contributed by atoms with Crippen LogP contribution in [-0.4, -0.2) is 50.5 Å². The van der Waals surface area contributed by atoms with Crippen LogP contribution in [0.25, 0.3) is 0 Å². The largest absolute Gasteiger partial charge is 0.416 e. The summed E-state index contributed by atoms with van der Waals surface area (Å²) in [4.78, 5) is 27.3. The fourth-order valence-electron chi connectivity index (χ4n) is 3.83. The van der Waals surface area contributed by atoms with E-state index in [0.29, 0.717) is 6.54 Å². The number of nitrogens with one attached hydrogen (secondary N) is 1. The molecule has 37 heavy (non-hydrogen) atoms. The molecule has 0 spiro atoms. The number of hydrogen-bond acceptors (Lipinski definition) is 4. The van der Waals surface area contributed by atoms with Gasteiger partial charge in [0, 0.05) is 26.1 Å². The molecule has 1 N–H and O–H groups in total. The summed E-state index contributed by atoms with van der Waals surface area (Å²) < 4.78 is 65.0. The van der Waals surface area contributed by atoms with Gasteiger partial charge in [-0.3, -0.25) is 13.9 Å². The first-order valence-corrected chi connectivity index (χ1v) is 13.9. The van der Waals surface area contributed by atoms with Crippen molar-refractivity contribution < 1.29 is 31.2 Å². The van der Waals surface area contributed by atoms with Crippen LogP contribution in [0.1, 0.15) is 49.8 Å². The van der Waals surface area contributed by atoms with Gasteiger partial charge in [-0.05, 0) is 50.5 Å². The number of sulfonamides is 1. The Hall–Kier alpha value is -3.08. The van der Waals surface area contributed by atoms with Crippen molar-refractivity contribution in [3.05, 3.63) is 65.2 Å². The van der Waals surface area contributed by atoms with E-state index in [1.165, 1.54) is 11.0 Å². The Kier molecular flexibility index (Phi) is 10.5. The monoisotopic (exact) mass is 541 g/mol. The first kappa shape index (κ1) is 30.1. The molecule has 2 aromatic rings. The number of anilines is 1. The summed E-state index contributed by atoms with van der Waals surface area (Å²) in [5.41, 5.74) is 0.739. The van der Waals surface area contributed by atoms with Gasteiger partial charge in [-0.2, -0.15) is 13.2 Å². The molecular weight excluding hydrogens is 507 g/mol. The molecule has 0 aliphatic carbocycles. The van der Waals surface area contributed by atoms with E-state index in [4.69, 9.17) is 0 Å².